The van der Waals surface area contributed by atoms with Gasteiger partial charge in [0.15, 0.2) is 5.16 Å². The van der Waals surface area contributed by atoms with E-state index in [4.69, 9.17) is 4.42 Å². The first-order valence-corrected chi connectivity index (χ1v) is 10.3. The van der Waals surface area contributed by atoms with Crippen molar-refractivity contribution in [3.8, 4) is 16.9 Å². The number of hydrogen-bond acceptors (Lipinski definition) is 5. The molecular weight excluding hydrogens is 368 g/mol. The standard InChI is InChI=1S/C22H22N4OS/c1-15(2)17-9-11-19(12-10-17)26-20(18-7-5-4-6-8-18)13-23-22(26)28-14-21-25-24-16(3)27-21/h4-13,15H,14H2,1-3H3. The van der Waals surface area contributed by atoms with Crippen LogP contribution in [0.1, 0.15) is 37.1 Å². The zero-order valence-electron chi connectivity index (χ0n) is 16.2. The van der Waals surface area contributed by atoms with Crippen LogP contribution in [0.15, 0.2) is 70.4 Å². The molecule has 28 heavy (non-hydrogen) atoms. The summed E-state index contributed by atoms with van der Waals surface area (Å²) < 4.78 is 7.69. The first-order chi connectivity index (χ1) is 13.6. The van der Waals surface area contributed by atoms with E-state index >= 15 is 0 Å². The zero-order chi connectivity index (χ0) is 19.5. The lowest BCUT2D eigenvalue weighted by atomic mass is 10.0. The number of thioether (sulfide) groups is 1. The van der Waals surface area contributed by atoms with Gasteiger partial charge in [0.05, 0.1) is 17.6 Å². The third-order valence-corrected chi connectivity index (χ3v) is 5.45. The highest BCUT2D eigenvalue weighted by Crippen LogP contribution is 2.31. The number of rotatable bonds is 6. The SMILES string of the molecule is Cc1nnc(CSc2ncc(-c3ccccc3)n2-c2ccc(C(C)C)cc2)o1. The highest BCUT2D eigenvalue weighted by atomic mass is 32.2. The molecule has 2 aromatic heterocycles. The van der Waals surface area contributed by atoms with Crippen LogP contribution in [0.3, 0.4) is 0 Å². The number of aryl methyl sites for hydroxylation is 1. The maximum Gasteiger partial charge on any atom is 0.226 e. The minimum absolute atomic E-state index is 0.500. The molecule has 0 saturated carbocycles. The van der Waals surface area contributed by atoms with Crippen molar-refractivity contribution in [1.29, 1.82) is 0 Å². The fourth-order valence-corrected chi connectivity index (χ4v) is 3.86. The Hall–Kier alpha value is -2.86. The molecule has 0 atom stereocenters. The Labute approximate surface area is 168 Å². The molecule has 0 bridgehead atoms. The van der Waals surface area contributed by atoms with Gasteiger partial charge in [0.2, 0.25) is 11.8 Å². The summed E-state index contributed by atoms with van der Waals surface area (Å²) in [4.78, 5) is 4.68. The van der Waals surface area contributed by atoms with Gasteiger partial charge in [0.1, 0.15) is 0 Å². The molecule has 0 N–H and O–H groups in total. The minimum atomic E-state index is 0.500. The third kappa shape index (κ3) is 3.87. The molecule has 5 nitrogen and oxygen atoms in total. The fourth-order valence-electron chi connectivity index (χ4n) is 3.03. The van der Waals surface area contributed by atoms with Crippen molar-refractivity contribution in [3.05, 3.63) is 78.1 Å². The van der Waals surface area contributed by atoms with Gasteiger partial charge in [-0.1, -0.05) is 68.1 Å². The number of nitrogens with zero attached hydrogens (tertiary/aromatic N) is 4. The quantitative estimate of drug-likeness (QED) is 0.398. The first kappa shape index (κ1) is 18.5. The molecule has 6 heteroatoms. The highest BCUT2D eigenvalue weighted by Gasteiger charge is 2.15. The van der Waals surface area contributed by atoms with Crippen LogP contribution in [0.2, 0.25) is 0 Å². The van der Waals surface area contributed by atoms with Crippen molar-refractivity contribution in [3.63, 3.8) is 0 Å². The van der Waals surface area contributed by atoms with Crippen molar-refractivity contribution in [2.75, 3.05) is 0 Å². The van der Waals surface area contributed by atoms with Gasteiger partial charge in [-0.15, -0.1) is 10.2 Å². The zero-order valence-corrected chi connectivity index (χ0v) is 17.0. The lowest BCUT2D eigenvalue weighted by molar-refractivity contribution is 0.485. The van der Waals surface area contributed by atoms with E-state index in [9.17, 15) is 0 Å². The minimum Gasteiger partial charge on any atom is -0.425 e. The molecule has 4 aromatic rings. The first-order valence-electron chi connectivity index (χ1n) is 9.27. The molecule has 0 aliphatic rings. The van der Waals surface area contributed by atoms with E-state index in [-0.39, 0.29) is 0 Å². The van der Waals surface area contributed by atoms with Crippen LogP contribution in [0.5, 0.6) is 0 Å². The molecule has 0 fully saturated rings. The molecule has 2 heterocycles. The molecule has 2 aromatic carbocycles. The van der Waals surface area contributed by atoms with E-state index in [1.54, 1.807) is 18.7 Å². The van der Waals surface area contributed by atoms with E-state index in [1.807, 2.05) is 24.4 Å². The highest BCUT2D eigenvalue weighted by molar-refractivity contribution is 7.98. The molecule has 142 valence electrons. The van der Waals surface area contributed by atoms with Crippen LogP contribution in [0.25, 0.3) is 16.9 Å². The molecular formula is C22H22N4OS. The van der Waals surface area contributed by atoms with Gasteiger partial charge in [-0.3, -0.25) is 4.57 Å². The van der Waals surface area contributed by atoms with Crippen LogP contribution in [-0.4, -0.2) is 19.7 Å². The smallest absolute Gasteiger partial charge is 0.226 e. The predicted molar refractivity (Wildman–Crippen MR) is 112 cm³/mol. The second-order valence-electron chi connectivity index (χ2n) is 6.88. The monoisotopic (exact) mass is 390 g/mol. The Morgan fingerprint density at radius 2 is 1.75 bits per heavy atom. The molecule has 4 rings (SSSR count). The predicted octanol–water partition coefficient (Wildman–Crippen LogP) is 5.65. The van der Waals surface area contributed by atoms with Gasteiger partial charge in [-0.25, -0.2) is 4.98 Å². The van der Waals surface area contributed by atoms with Gasteiger partial charge in [0.25, 0.3) is 0 Å². The summed E-state index contributed by atoms with van der Waals surface area (Å²) >= 11 is 1.59. The summed E-state index contributed by atoms with van der Waals surface area (Å²) in [5.74, 6) is 2.26. The molecule has 0 spiro atoms. The summed E-state index contributed by atoms with van der Waals surface area (Å²) in [6.07, 6.45) is 1.92. The van der Waals surface area contributed by atoms with Gasteiger partial charge in [-0.2, -0.15) is 0 Å². The number of aromatic nitrogens is 4. The van der Waals surface area contributed by atoms with Gasteiger partial charge >= 0.3 is 0 Å². The maximum absolute atomic E-state index is 5.50. The Kier molecular flexibility index (Phi) is 5.30. The van der Waals surface area contributed by atoms with Crippen molar-refractivity contribution in [1.82, 2.24) is 19.7 Å². The summed E-state index contributed by atoms with van der Waals surface area (Å²) in [5.41, 5.74) is 4.59. The van der Waals surface area contributed by atoms with Crippen molar-refractivity contribution >= 4 is 11.8 Å². The molecule has 0 radical (unpaired) electrons. The summed E-state index contributed by atoms with van der Waals surface area (Å²) in [7, 11) is 0. The van der Waals surface area contributed by atoms with Crippen LogP contribution in [0, 0.1) is 6.92 Å². The number of benzene rings is 2. The van der Waals surface area contributed by atoms with Crippen molar-refractivity contribution in [2.45, 2.75) is 37.6 Å². The van der Waals surface area contributed by atoms with Crippen molar-refractivity contribution < 1.29 is 4.42 Å². The Morgan fingerprint density at radius 1 is 1.00 bits per heavy atom. The molecule has 0 aliphatic carbocycles. The molecule has 0 unspecified atom stereocenters. The fraction of sp³-hybridized carbons (Fsp3) is 0.227. The Balaban J connectivity index is 1.72. The largest absolute Gasteiger partial charge is 0.425 e. The average Bonchev–Trinajstić information content (AvgIpc) is 3.33. The van der Waals surface area contributed by atoms with Crippen molar-refractivity contribution in [2.24, 2.45) is 0 Å². The van der Waals surface area contributed by atoms with Crippen LogP contribution >= 0.6 is 11.8 Å². The lowest BCUT2D eigenvalue weighted by Crippen LogP contribution is -2.00. The maximum atomic E-state index is 5.50. The lowest BCUT2D eigenvalue weighted by Gasteiger charge is -2.13. The topological polar surface area (TPSA) is 56.7 Å². The summed E-state index contributed by atoms with van der Waals surface area (Å²) in [6, 6.07) is 19.0. The Morgan fingerprint density at radius 3 is 2.39 bits per heavy atom. The van der Waals surface area contributed by atoms with E-state index in [1.165, 1.54) is 5.56 Å². The van der Waals surface area contributed by atoms with Crippen LogP contribution in [-0.2, 0) is 5.75 Å². The normalized spacial score (nSPS) is 11.3. The summed E-state index contributed by atoms with van der Waals surface area (Å²) in [6.45, 7) is 6.20. The third-order valence-electron chi connectivity index (χ3n) is 4.51. The van der Waals surface area contributed by atoms with E-state index < -0.39 is 0 Å². The van der Waals surface area contributed by atoms with Crippen LogP contribution < -0.4 is 0 Å². The Bertz CT molecular complexity index is 1050. The van der Waals surface area contributed by atoms with Gasteiger partial charge in [-0.05, 0) is 23.6 Å². The summed E-state index contributed by atoms with van der Waals surface area (Å²) in [5, 5.41) is 8.88. The molecule has 0 amide bonds. The van der Waals surface area contributed by atoms with E-state index in [0.29, 0.717) is 23.5 Å². The van der Waals surface area contributed by atoms with Crippen LogP contribution in [0.4, 0.5) is 0 Å². The number of imidazole rings is 1. The van der Waals surface area contributed by atoms with E-state index in [0.717, 1.165) is 22.1 Å². The second-order valence-corrected chi connectivity index (χ2v) is 7.82. The van der Waals surface area contributed by atoms with Gasteiger partial charge < -0.3 is 4.42 Å². The van der Waals surface area contributed by atoms with E-state index in [2.05, 4.69) is 70.0 Å². The second kappa shape index (κ2) is 8.02. The molecule has 0 saturated heterocycles. The number of hydrogen-bond donors (Lipinski definition) is 0. The van der Waals surface area contributed by atoms with Gasteiger partial charge in [0, 0.05) is 18.2 Å². The molecule has 0 aliphatic heterocycles. The average molecular weight is 391 g/mol.